The Balaban J connectivity index is 1.71. The topological polar surface area (TPSA) is 56.7 Å². The largest absolute Gasteiger partial charge is 0.356 e. The van der Waals surface area contributed by atoms with E-state index in [9.17, 15) is 4.79 Å². The van der Waals surface area contributed by atoms with Crippen molar-refractivity contribution in [1.29, 1.82) is 0 Å². The van der Waals surface area contributed by atoms with E-state index in [4.69, 9.17) is 0 Å². The number of carbonyl (C=O) groups excluding carboxylic acids is 1. The molecule has 2 rings (SSSR count). The molecule has 120 valence electrons. The molecular weight excluding hydrogens is 264 g/mol. The molecule has 2 N–H and O–H groups in total. The fourth-order valence-electron chi connectivity index (χ4n) is 3.24. The lowest BCUT2D eigenvalue weighted by Gasteiger charge is -2.41. The van der Waals surface area contributed by atoms with E-state index in [0.717, 1.165) is 38.4 Å². The van der Waals surface area contributed by atoms with Gasteiger partial charge in [0.05, 0.1) is 6.54 Å². The van der Waals surface area contributed by atoms with Crippen LogP contribution in [0.25, 0.3) is 0 Å². The van der Waals surface area contributed by atoms with E-state index in [1.165, 1.54) is 32.1 Å². The fourth-order valence-corrected chi connectivity index (χ4v) is 3.24. The van der Waals surface area contributed by atoms with Gasteiger partial charge in [-0.1, -0.05) is 13.3 Å². The summed E-state index contributed by atoms with van der Waals surface area (Å²) in [7, 11) is 1.76. The van der Waals surface area contributed by atoms with Crippen molar-refractivity contribution in [3.63, 3.8) is 0 Å². The predicted octanol–water partition coefficient (Wildman–Crippen LogP) is 1.74. The van der Waals surface area contributed by atoms with Crippen molar-refractivity contribution < 1.29 is 4.79 Å². The number of amides is 1. The maximum atomic E-state index is 12.1. The standard InChI is InChI=1S/C16H30N4O/c1-3-16(8-7-9-16)13-19-15(17-2)18-12-14(21)20-10-5-4-6-11-20/h3-13H2,1-2H3,(H2,17,18,19). The Labute approximate surface area is 128 Å². The van der Waals surface area contributed by atoms with Crippen LogP contribution >= 0.6 is 0 Å². The summed E-state index contributed by atoms with van der Waals surface area (Å²) in [6.07, 6.45) is 8.69. The Kier molecular flexibility index (Phi) is 5.88. The average Bonchev–Trinajstić information content (AvgIpc) is 2.50. The van der Waals surface area contributed by atoms with Gasteiger partial charge in [-0.3, -0.25) is 9.79 Å². The summed E-state index contributed by atoms with van der Waals surface area (Å²) >= 11 is 0. The van der Waals surface area contributed by atoms with Crippen molar-refractivity contribution in [2.45, 2.75) is 51.9 Å². The van der Waals surface area contributed by atoms with Crippen molar-refractivity contribution in [3.05, 3.63) is 0 Å². The molecule has 5 heteroatoms. The van der Waals surface area contributed by atoms with Gasteiger partial charge in [-0.25, -0.2) is 0 Å². The molecule has 2 fully saturated rings. The highest BCUT2D eigenvalue weighted by atomic mass is 16.2. The van der Waals surface area contributed by atoms with Crippen LogP contribution in [0.15, 0.2) is 4.99 Å². The monoisotopic (exact) mass is 294 g/mol. The van der Waals surface area contributed by atoms with Gasteiger partial charge in [-0.2, -0.15) is 0 Å². The van der Waals surface area contributed by atoms with Gasteiger partial charge in [0.2, 0.25) is 5.91 Å². The Bertz CT molecular complexity index is 365. The highest BCUT2D eigenvalue weighted by molar-refractivity contribution is 5.86. The minimum atomic E-state index is 0.187. The highest BCUT2D eigenvalue weighted by Gasteiger charge is 2.34. The third-order valence-corrected chi connectivity index (χ3v) is 5.13. The van der Waals surface area contributed by atoms with E-state index in [1.807, 2.05) is 4.90 Å². The molecule has 0 aromatic heterocycles. The zero-order valence-corrected chi connectivity index (χ0v) is 13.6. The predicted molar refractivity (Wildman–Crippen MR) is 86.4 cm³/mol. The summed E-state index contributed by atoms with van der Waals surface area (Å²) in [5.74, 6) is 0.937. The molecule has 0 unspecified atom stereocenters. The minimum absolute atomic E-state index is 0.187. The fraction of sp³-hybridized carbons (Fsp3) is 0.875. The maximum absolute atomic E-state index is 12.1. The van der Waals surface area contributed by atoms with Crippen LogP contribution in [-0.4, -0.2) is 50.0 Å². The number of rotatable bonds is 5. The quantitative estimate of drug-likeness (QED) is 0.600. The summed E-state index contributed by atoms with van der Waals surface area (Å²) in [5, 5.41) is 6.55. The van der Waals surface area contributed by atoms with E-state index < -0.39 is 0 Å². The lowest BCUT2D eigenvalue weighted by molar-refractivity contribution is -0.130. The summed E-state index contributed by atoms with van der Waals surface area (Å²) in [4.78, 5) is 18.3. The third-order valence-electron chi connectivity index (χ3n) is 5.13. The van der Waals surface area contributed by atoms with Crippen molar-refractivity contribution in [1.82, 2.24) is 15.5 Å². The molecule has 1 saturated heterocycles. The Morgan fingerprint density at radius 3 is 2.38 bits per heavy atom. The molecule has 0 aromatic rings. The second-order valence-electron chi connectivity index (χ2n) is 6.43. The average molecular weight is 294 g/mol. The smallest absolute Gasteiger partial charge is 0.241 e. The molecule has 0 radical (unpaired) electrons. The molecule has 1 heterocycles. The van der Waals surface area contributed by atoms with Gasteiger partial charge in [0, 0.05) is 26.7 Å². The maximum Gasteiger partial charge on any atom is 0.241 e. The van der Waals surface area contributed by atoms with E-state index in [2.05, 4.69) is 22.5 Å². The van der Waals surface area contributed by atoms with E-state index >= 15 is 0 Å². The molecule has 1 aliphatic heterocycles. The number of aliphatic imine (C=N–C) groups is 1. The van der Waals surface area contributed by atoms with E-state index in [1.54, 1.807) is 7.05 Å². The Hall–Kier alpha value is -1.26. The normalized spacial score (nSPS) is 21.6. The second-order valence-corrected chi connectivity index (χ2v) is 6.43. The molecule has 2 aliphatic rings. The van der Waals surface area contributed by atoms with Crippen LogP contribution in [0.1, 0.15) is 51.9 Å². The van der Waals surface area contributed by atoms with Crippen molar-refractivity contribution in [3.8, 4) is 0 Å². The molecule has 1 saturated carbocycles. The van der Waals surface area contributed by atoms with Crippen LogP contribution in [-0.2, 0) is 4.79 Å². The number of nitrogens with zero attached hydrogens (tertiary/aromatic N) is 2. The molecule has 0 spiro atoms. The zero-order valence-electron chi connectivity index (χ0n) is 13.6. The van der Waals surface area contributed by atoms with E-state index in [-0.39, 0.29) is 5.91 Å². The summed E-state index contributed by atoms with van der Waals surface area (Å²) in [5.41, 5.74) is 0.453. The zero-order chi connectivity index (χ0) is 15.1. The van der Waals surface area contributed by atoms with Gasteiger partial charge in [0.25, 0.3) is 0 Å². The van der Waals surface area contributed by atoms with E-state index in [0.29, 0.717) is 12.0 Å². The molecule has 1 aliphatic carbocycles. The van der Waals surface area contributed by atoms with Gasteiger partial charge in [-0.15, -0.1) is 0 Å². The van der Waals surface area contributed by atoms with Crippen LogP contribution in [0.4, 0.5) is 0 Å². The number of likely N-dealkylation sites (tertiary alicyclic amines) is 1. The molecule has 5 nitrogen and oxygen atoms in total. The summed E-state index contributed by atoms with van der Waals surface area (Å²) in [6.45, 7) is 5.38. The molecule has 1 amide bonds. The molecule has 21 heavy (non-hydrogen) atoms. The minimum Gasteiger partial charge on any atom is -0.356 e. The molecule has 0 bridgehead atoms. The number of nitrogens with one attached hydrogen (secondary N) is 2. The number of piperidine rings is 1. The third kappa shape index (κ3) is 4.35. The summed E-state index contributed by atoms with van der Waals surface area (Å²) in [6, 6.07) is 0. The molecular formula is C16H30N4O. The first-order chi connectivity index (χ1) is 10.2. The number of carbonyl (C=O) groups is 1. The number of guanidine groups is 1. The Morgan fingerprint density at radius 2 is 1.86 bits per heavy atom. The van der Waals surface area contributed by atoms with Crippen LogP contribution in [0, 0.1) is 5.41 Å². The van der Waals surface area contributed by atoms with Gasteiger partial charge in [0.15, 0.2) is 5.96 Å². The highest BCUT2D eigenvalue weighted by Crippen LogP contribution is 2.42. The van der Waals surface area contributed by atoms with Crippen molar-refractivity contribution in [2.24, 2.45) is 10.4 Å². The first kappa shape index (κ1) is 16.1. The summed E-state index contributed by atoms with van der Waals surface area (Å²) < 4.78 is 0. The van der Waals surface area contributed by atoms with Gasteiger partial charge >= 0.3 is 0 Å². The first-order valence-corrected chi connectivity index (χ1v) is 8.41. The molecule has 0 atom stereocenters. The number of hydrogen-bond donors (Lipinski definition) is 2. The van der Waals surface area contributed by atoms with Crippen LogP contribution in [0.2, 0.25) is 0 Å². The van der Waals surface area contributed by atoms with Crippen LogP contribution < -0.4 is 10.6 Å². The first-order valence-electron chi connectivity index (χ1n) is 8.41. The lowest BCUT2D eigenvalue weighted by atomic mass is 9.67. The Morgan fingerprint density at radius 1 is 1.14 bits per heavy atom. The van der Waals surface area contributed by atoms with Crippen molar-refractivity contribution >= 4 is 11.9 Å². The second kappa shape index (κ2) is 7.66. The van der Waals surface area contributed by atoms with Crippen LogP contribution in [0.3, 0.4) is 0 Å². The van der Waals surface area contributed by atoms with Gasteiger partial charge in [-0.05, 0) is 43.9 Å². The van der Waals surface area contributed by atoms with Crippen LogP contribution in [0.5, 0.6) is 0 Å². The lowest BCUT2D eigenvalue weighted by Crippen LogP contribution is -2.49. The van der Waals surface area contributed by atoms with Gasteiger partial charge in [0.1, 0.15) is 0 Å². The van der Waals surface area contributed by atoms with Gasteiger partial charge < -0.3 is 15.5 Å². The number of hydrogen-bond acceptors (Lipinski definition) is 2. The molecule has 0 aromatic carbocycles. The van der Waals surface area contributed by atoms with Crippen molar-refractivity contribution in [2.75, 3.05) is 33.2 Å². The SMILES string of the molecule is CCC1(CNC(=NC)NCC(=O)N2CCCCC2)CCC1.